The third-order valence-corrected chi connectivity index (χ3v) is 6.84. The number of aryl methyl sites for hydroxylation is 1. The maximum Gasteiger partial charge on any atom is 0.243 e. The Hall–Kier alpha value is -1.91. The van der Waals surface area contributed by atoms with Crippen LogP contribution in [0.4, 0.5) is 0 Å². The molecule has 3 nitrogen and oxygen atoms in total. The second-order valence-electron chi connectivity index (χ2n) is 7.56. The van der Waals surface area contributed by atoms with Crippen molar-refractivity contribution in [2.75, 3.05) is 13.1 Å². The highest BCUT2D eigenvalue weighted by Gasteiger charge is 2.36. The Balaban J connectivity index is 1.92. The summed E-state index contributed by atoms with van der Waals surface area (Å²) in [6.07, 6.45) is 3.99. The lowest BCUT2D eigenvalue weighted by molar-refractivity contribution is 0.277. The smallest absolute Gasteiger partial charge is 0.207 e. The van der Waals surface area contributed by atoms with Gasteiger partial charge in [-0.15, -0.1) is 0 Å². The van der Waals surface area contributed by atoms with Gasteiger partial charge in [0.05, 0.1) is 4.90 Å². The van der Waals surface area contributed by atoms with E-state index >= 15 is 0 Å². The Bertz CT molecular complexity index is 885. The van der Waals surface area contributed by atoms with Crippen LogP contribution in [0.3, 0.4) is 0 Å². The van der Waals surface area contributed by atoms with Crippen LogP contribution < -0.4 is 0 Å². The van der Waals surface area contributed by atoms with Gasteiger partial charge in [-0.2, -0.15) is 4.31 Å². The molecule has 0 fully saturated rings. The van der Waals surface area contributed by atoms with E-state index < -0.39 is 10.0 Å². The van der Waals surface area contributed by atoms with Crippen molar-refractivity contribution in [2.45, 2.75) is 38.5 Å². The Morgan fingerprint density at radius 2 is 1.69 bits per heavy atom. The van der Waals surface area contributed by atoms with Crippen LogP contribution in [0, 0.1) is 12.3 Å². The lowest BCUT2D eigenvalue weighted by Gasteiger charge is -2.38. The molecule has 1 atom stereocenters. The van der Waals surface area contributed by atoms with Crippen LogP contribution in [0.25, 0.3) is 0 Å². The highest BCUT2D eigenvalue weighted by atomic mass is 32.2. The summed E-state index contributed by atoms with van der Waals surface area (Å²) in [6.45, 7) is 7.20. The third-order valence-electron chi connectivity index (χ3n) is 5.03. The summed E-state index contributed by atoms with van der Waals surface area (Å²) in [4.78, 5) is 0.377. The van der Waals surface area contributed by atoms with Gasteiger partial charge in [-0.25, -0.2) is 8.42 Å². The van der Waals surface area contributed by atoms with Crippen LogP contribution in [0.15, 0.2) is 71.1 Å². The topological polar surface area (TPSA) is 37.4 Å². The summed E-state index contributed by atoms with van der Waals surface area (Å²) in [6, 6.07) is 17.4. The molecular formula is C22H27NO2S. The van der Waals surface area contributed by atoms with Crippen molar-refractivity contribution in [3.8, 4) is 0 Å². The molecule has 0 aliphatic carbocycles. The summed E-state index contributed by atoms with van der Waals surface area (Å²) in [5.74, 6) is 0. The number of hydrogen-bond donors (Lipinski definition) is 0. The summed E-state index contributed by atoms with van der Waals surface area (Å²) >= 11 is 0. The van der Waals surface area contributed by atoms with Crippen molar-refractivity contribution in [1.29, 1.82) is 0 Å². The van der Waals surface area contributed by atoms with E-state index in [4.69, 9.17) is 0 Å². The zero-order chi connectivity index (χ0) is 18.8. The van der Waals surface area contributed by atoms with Gasteiger partial charge in [-0.1, -0.05) is 73.5 Å². The fourth-order valence-electron chi connectivity index (χ4n) is 3.68. The second-order valence-corrected chi connectivity index (χ2v) is 9.50. The molecule has 1 aliphatic heterocycles. The van der Waals surface area contributed by atoms with Crippen LogP contribution in [-0.2, 0) is 16.4 Å². The van der Waals surface area contributed by atoms with Crippen LogP contribution >= 0.6 is 0 Å². The maximum atomic E-state index is 13.2. The Kier molecular flexibility index (Phi) is 5.35. The standard InChI is InChI=1S/C22H27NO2S/c1-4-19-14-22(3,15-20-8-6-5-7-9-20)17-23(16-19)26(24,25)21-12-10-18(2)11-13-21/h5-14H,4,15-17H2,1-3H3/t22-/m0/s1. The SMILES string of the molecule is CCC1=C[C@@](C)(Cc2ccccc2)CN(S(=O)(=O)c2ccc(C)cc2)C1. The lowest BCUT2D eigenvalue weighted by Crippen LogP contribution is -2.44. The molecule has 0 unspecified atom stereocenters. The van der Waals surface area contributed by atoms with Gasteiger partial charge in [0.15, 0.2) is 0 Å². The molecule has 0 aromatic heterocycles. The quantitative estimate of drug-likeness (QED) is 0.723. The van der Waals surface area contributed by atoms with Crippen molar-refractivity contribution in [1.82, 2.24) is 4.31 Å². The van der Waals surface area contributed by atoms with Gasteiger partial charge in [-0.3, -0.25) is 0 Å². The second kappa shape index (κ2) is 7.37. The van der Waals surface area contributed by atoms with Crippen molar-refractivity contribution in [2.24, 2.45) is 5.41 Å². The first-order valence-corrected chi connectivity index (χ1v) is 10.6. The van der Waals surface area contributed by atoms with E-state index in [1.54, 1.807) is 16.4 Å². The maximum absolute atomic E-state index is 13.2. The third kappa shape index (κ3) is 4.08. The average Bonchev–Trinajstić information content (AvgIpc) is 2.62. The molecular weight excluding hydrogens is 342 g/mol. The van der Waals surface area contributed by atoms with E-state index in [0.717, 1.165) is 18.4 Å². The highest BCUT2D eigenvalue weighted by Crippen LogP contribution is 2.34. The van der Waals surface area contributed by atoms with Gasteiger partial charge < -0.3 is 0 Å². The van der Waals surface area contributed by atoms with Crippen molar-refractivity contribution in [3.05, 3.63) is 77.4 Å². The van der Waals surface area contributed by atoms with Crippen LogP contribution in [0.1, 0.15) is 31.4 Å². The van der Waals surface area contributed by atoms with Gasteiger partial charge in [0, 0.05) is 18.5 Å². The molecule has 0 saturated heterocycles. The highest BCUT2D eigenvalue weighted by molar-refractivity contribution is 7.89. The molecule has 0 N–H and O–H groups in total. The van der Waals surface area contributed by atoms with Gasteiger partial charge >= 0.3 is 0 Å². The van der Waals surface area contributed by atoms with Crippen LogP contribution in [0.2, 0.25) is 0 Å². The van der Waals surface area contributed by atoms with Gasteiger partial charge in [0.2, 0.25) is 10.0 Å². The molecule has 0 saturated carbocycles. The first-order valence-electron chi connectivity index (χ1n) is 9.14. The van der Waals surface area contributed by atoms with Gasteiger partial charge in [0.25, 0.3) is 0 Å². The Morgan fingerprint density at radius 1 is 1.04 bits per heavy atom. The molecule has 26 heavy (non-hydrogen) atoms. The van der Waals surface area contributed by atoms with Crippen LogP contribution in [0.5, 0.6) is 0 Å². The van der Waals surface area contributed by atoms with Gasteiger partial charge in [0.1, 0.15) is 0 Å². The van der Waals surface area contributed by atoms with E-state index in [-0.39, 0.29) is 5.41 Å². The molecule has 1 heterocycles. The number of sulfonamides is 1. The molecule has 0 bridgehead atoms. The molecule has 2 aromatic carbocycles. The first kappa shape index (κ1) is 18.9. The summed E-state index contributed by atoms with van der Waals surface area (Å²) in [7, 11) is -3.49. The van der Waals surface area contributed by atoms with E-state index in [1.807, 2.05) is 37.3 Å². The average molecular weight is 370 g/mol. The number of benzene rings is 2. The molecule has 1 aliphatic rings. The predicted octanol–water partition coefficient (Wildman–Crippen LogP) is 4.58. The predicted molar refractivity (Wildman–Crippen MR) is 107 cm³/mol. The van der Waals surface area contributed by atoms with E-state index in [1.165, 1.54) is 11.1 Å². The number of rotatable bonds is 5. The first-order chi connectivity index (χ1) is 12.3. The Labute approximate surface area is 157 Å². The normalized spacial score (nSPS) is 21.4. The largest absolute Gasteiger partial charge is 0.243 e. The number of nitrogens with zero attached hydrogens (tertiary/aromatic N) is 1. The molecule has 0 radical (unpaired) electrons. The fourth-order valence-corrected chi connectivity index (χ4v) is 5.26. The van der Waals surface area contributed by atoms with Crippen LogP contribution in [-0.4, -0.2) is 25.8 Å². The molecule has 138 valence electrons. The molecule has 2 aromatic rings. The monoisotopic (exact) mass is 369 g/mol. The summed E-state index contributed by atoms with van der Waals surface area (Å²) in [5.41, 5.74) is 3.27. The van der Waals surface area contributed by atoms with Gasteiger partial charge in [-0.05, 0) is 37.5 Å². The fraction of sp³-hybridized carbons (Fsp3) is 0.364. The minimum atomic E-state index is -3.49. The zero-order valence-electron chi connectivity index (χ0n) is 15.8. The van der Waals surface area contributed by atoms with Crippen molar-refractivity contribution >= 4 is 10.0 Å². The summed E-state index contributed by atoms with van der Waals surface area (Å²) < 4.78 is 28.1. The number of hydrogen-bond acceptors (Lipinski definition) is 2. The molecule has 4 heteroatoms. The van der Waals surface area contributed by atoms with E-state index in [0.29, 0.717) is 18.0 Å². The molecule has 0 amide bonds. The molecule has 3 rings (SSSR count). The van der Waals surface area contributed by atoms with E-state index in [9.17, 15) is 8.42 Å². The minimum Gasteiger partial charge on any atom is -0.207 e. The molecule has 0 spiro atoms. The Morgan fingerprint density at radius 3 is 2.31 bits per heavy atom. The van der Waals surface area contributed by atoms with Crippen molar-refractivity contribution in [3.63, 3.8) is 0 Å². The lowest BCUT2D eigenvalue weighted by atomic mass is 9.79. The minimum absolute atomic E-state index is 0.206. The zero-order valence-corrected chi connectivity index (χ0v) is 16.6. The van der Waals surface area contributed by atoms with Crippen molar-refractivity contribution < 1.29 is 8.42 Å². The van der Waals surface area contributed by atoms with E-state index in [2.05, 4.69) is 32.1 Å². The summed E-state index contributed by atoms with van der Waals surface area (Å²) in [5, 5.41) is 0.